The Morgan fingerprint density at radius 1 is 1.05 bits per heavy atom. The van der Waals surface area contributed by atoms with E-state index in [0.29, 0.717) is 11.5 Å². The summed E-state index contributed by atoms with van der Waals surface area (Å²) in [7, 11) is -2.88. The number of hydrogen-bond donors (Lipinski definition) is 2. The van der Waals surface area contributed by atoms with Crippen LogP contribution >= 0.6 is 0 Å². The fraction of sp³-hybridized carbons (Fsp3) is 0.0769. The van der Waals surface area contributed by atoms with E-state index in [2.05, 4.69) is 0 Å². The lowest BCUT2D eigenvalue weighted by Crippen LogP contribution is -2.02. The molecule has 0 atom stereocenters. The molecule has 7 heteroatoms. The highest BCUT2D eigenvalue weighted by molar-refractivity contribution is 7.86. The van der Waals surface area contributed by atoms with Crippen molar-refractivity contribution in [3.8, 4) is 17.2 Å². The van der Waals surface area contributed by atoms with Gasteiger partial charge in [0.1, 0.15) is 22.1 Å². The predicted octanol–water partition coefficient (Wildman–Crippen LogP) is 2.32. The summed E-state index contributed by atoms with van der Waals surface area (Å²) in [6, 6.07) is 10.6. The lowest BCUT2D eigenvalue weighted by Gasteiger charge is -2.10. The van der Waals surface area contributed by atoms with Crippen molar-refractivity contribution in [2.75, 3.05) is 12.8 Å². The van der Waals surface area contributed by atoms with Crippen LogP contribution in [0.2, 0.25) is 0 Å². The van der Waals surface area contributed by atoms with Crippen LogP contribution in [0.25, 0.3) is 0 Å². The molecule has 0 fully saturated rings. The molecular weight excluding hydrogens is 282 g/mol. The topological polar surface area (TPSA) is 98.9 Å². The van der Waals surface area contributed by atoms with Crippen molar-refractivity contribution >= 4 is 15.8 Å². The third-order valence-corrected chi connectivity index (χ3v) is 3.41. The van der Waals surface area contributed by atoms with Crippen LogP contribution in [0, 0.1) is 0 Å². The fourth-order valence-corrected chi connectivity index (χ4v) is 2.23. The van der Waals surface area contributed by atoms with E-state index in [-0.39, 0.29) is 16.3 Å². The molecule has 0 unspecified atom stereocenters. The molecule has 0 aliphatic heterocycles. The Kier molecular flexibility index (Phi) is 3.82. The Balaban J connectivity index is 2.38. The van der Waals surface area contributed by atoms with Gasteiger partial charge in [0, 0.05) is 5.69 Å². The Morgan fingerprint density at radius 2 is 1.65 bits per heavy atom. The summed E-state index contributed by atoms with van der Waals surface area (Å²) >= 11 is 0. The highest BCUT2D eigenvalue weighted by Gasteiger charge is 2.17. The molecule has 0 aliphatic rings. The zero-order valence-corrected chi connectivity index (χ0v) is 11.4. The summed E-state index contributed by atoms with van der Waals surface area (Å²) < 4.78 is 42.2. The minimum absolute atomic E-state index is 0.00753. The molecule has 0 saturated carbocycles. The maximum Gasteiger partial charge on any atom is 0.298 e. The van der Waals surface area contributed by atoms with Crippen LogP contribution in [-0.2, 0) is 10.1 Å². The van der Waals surface area contributed by atoms with Crippen molar-refractivity contribution in [3.05, 3.63) is 42.5 Å². The monoisotopic (exact) mass is 295 g/mol. The summed E-state index contributed by atoms with van der Waals surface area (Å²) in [5, 5.41) is 0. The second-order valence-corrected chi connectivity index (χ2v) is 5.35. The maximum atomic E-state index is 11.3. The van der Waals surface area contributed by atoms with Gasteiger partial charge in [-0.25, -0.2) is 0 Å². The number of nitrogen functional groups attached to an aromatic ring is 1. The van der Waals surface area contributed by atoms with E-state index in [0.717, 1.165) is 6.07 Å². The molecule has 3 N–H and O–H groups in total. The van der Waals surface area contributed by atoms with Crippen molar-refractivity contribution < 1.29 is 22.4 Å². The van der Waals surface area contributed by atoms with Crippen LogP contribution in [0.15, 0.2) is 47.4 Å². The Labute approximate surface area is 116 Å². The summed E-state index contributed by atoms with van der Waals surface area (Å²) in [6.45, 7) is 0. The molecule has 2 aromatic carbocycles. The van der Waals surface area contributed by atoms with Gasteiger partial charge in [0.2, 0.25) is 0 Å². The third-order valence-electron chi connectivity index (χ3n) is 2.53. The van der Waals surface area contributed by atoms with Crippen LogP contribution < -0.4 is 15.2 Å². The number of rotatable bonds is 4. The zero-order chi connectivity index (χ0) is 14.8. The summed E-state index contributed by atoms with van der Waals surface area (Å²) in [5.41, 5.74) is 5.72. The summed E-state index contributed by atoms with van der Waals surface area (Å²) in [6.07, 6.45) is 0. The molecule has 0 spiro atoms. The van der Waals surface area contributed by atoms with Gasteiger partial charge in [0.05, 0.1) is 7.11 Å². The van der Waals surface area contributed by atoms with Gasteiger partial charge in [-0.05, 0) is 42.5 Å². The van der Waals surface area contributed by atoms with E-state index >= 15 is 0 Å². The second-order valence-electron chi connectivity index (χ2n) is 3.96. The predicted molar refractivity (Wildman–Crippen MR) is 73.7 cm³/mol. The molecule has 6 nitrogen and oxygen atoms in total. The van der Waals surface area contributed by atoms with Gasteiger partial charge >= 0.3 is 0 Å². The molecule has 0 heterocycles. The van der Waals surface area contributed by atoms with Crippen molar-refractivity contribution in [3.63, 3.8) is 0 Å². The number of anilines is 1. The lowest BCUT2D eigenvalue weighted by atomic mass is 10.3. The molecule has 2 aromatic rings. The molecule has 0 bridgehead atoms. The molecule has 0 aliphatic carbocycles. The minimum atomic E-state index is -4.42. The van der Waals surface area contributed by atoms with Crippen LogP contribution in [0.1, 0.15) is 0 Å². The van der Waals surface area contributed by atoms with Gasteiger partial charge in [-0.15, -0.1) is 0 Å². The van der Waals surface area contributed by atoms with Gasteiger partial charge in [0.15, 0.2) is 0 Å². The van der Waals surface area contributed by atoms with E-state index in [4.69, 9.17) is 15.2 Å². The highest BCUT2D eigenvalue weighted by Crippen LogP contribution is 2.31. The number of hydrogen-bond acceptors (Lipinski definition) is 5. The number of benzene rings is 2. The first-order valence-corrected chi connectivity index (χ1v) is 7.03. The Hall–Kier alpha value is -2.25. The molecule has 20 heavy (non-hydrogen) atoms. The van der Waals surface area contributed by atoms with Gasteiger partial charge in [-0.3, -0.25) is 4.55 Å². The zero-order valence-electron chi connectivity index (χ0n) is 10.6. The van der Waals surface area contributed by atoms with Crippen LogP contribution in [-0.4, -0.2) is 20.1 Å². The van der Waals surface area contributed by atoms with E-state index in [9.17, 15) is 13.0 Å². The van der Waals surface area contributed by atoms with Crippen molar-refractivity contribution in [1.29, 1.82) is 0 Å². The first-order valence-electron chi connectivity index (χ1n) is 5.59. The first kappa shape index (κ1) is 14.2. The SMILES string of the molecule is COc1ccc(Oc2ccc(N)cc2S(=O)(=O)O)cc1. The number of methoxy groups -OCH3 is 1. The average molecular weight is 295 g/mol. The Morgan fingerprint density at radius 3 is 2.20 bits per heavy atom. The molecule has 0 amide bonds. The largest absolute Gasteiger partial charge is 0.497 e. The van der Waals surface area contributed by atoms with E-state index < -0.39 is 10.1 Å². The highest BCUT2D eigenvalue weighted by atomic mass is 32.2. The van der Waals surface area contributed by atoms with Crippen molar-refractivity contribution in [1.82, 2.24) is 0 Å². The average Bonchev–Trinajstić information content (AvgIpc) is 2.40. The maximum absolute atomic E-state index is 11.3. The van der Waals surface area contributed by atoms with Crippen LogP contribution in [0.5, 0.6) is 17.2 Å². The molecule has 2 rings (SSSR count). The Bertz CT molecular complexity index is 710. The normalized spacial score (nSPS) is 11.1. The molecule has 0 aromatic heterocycles. The quantitative estimate of drug-likeness (QED) is 0.663. The van der Waals surface area contributed by atoms with Gasteiger partial charge in [-0.2, -0.15) is 8.42 Å². The standard InChI is InChI=1S/C13H13NO5S/c1-18-10-3-5-11(6-4-10)19-12-7-2-9(14)8-13(12)20(15,16)17/h2-8H,14H2,1H3,(H,15,16,17). The summed E-state index contributed by atoms with van der Waals surface area (Å²) in [5.74, 6) is 1.04. The molecule has 0 saturated heterocycles. The lowest BCUT2D eigenvalue weighted by molar-refractivity contribution is 0.412. The fourth-order valence-electron chi connectivity index (χ4n) is 1.58. The molecule has 106 valence electrons. The van der Waals surface area contributed by atoms with E-state index in [1.807, 2.05) is 0 Å². The third kappa shape index (κ3) is 3.19. The van der Waals surface area contributed by atoms with Gasteiger partial charge in [-0.1, -0.05) is 0 Å². The van der Waals surface area contributed by atoms with Crippen molar-refractivity contribution in [2.45, 2.75) is 4.90 Å². The smallest absolute Gasteiger partial charge is 0.298 e. The van der Waals surface area contributed by atoms with E-state index in [1.54, 1.807) is 24.3 Å². The van der Waals surface area contributed by atoms with Crippen molar-refractivity contribution in [2.24, 2.45) is 0 Å². The first-order chi connectivity index (χ1) is 9.40. The van der Waals surface area contributed by atoms with Crippen LogP contribution in [0.3, 0.4) is 0 Å². The minimum Gasteiger partial charge on any atom is -0.497 e. The number of ether oxygens (including phenoxy) is 2. The van der Waals surface area contributed by atoms with Gasteiger partial charge in [0.25, 0.3) is 10.1 Å². The molecular formula is C13H13NO5S. The number of nitrogens with two attached hydrogens (primary N) is 1. The second kappa shape index (κ2) is 5.40. The summed E-state index contributed by atoms with van der Waals surface area (Å²) in [4.78, 5) is -0.381. The van der Waals surface area contributed by atoms with Gasteiger partial charge < -0.3 is 15.2 Å². The molecule has 0 radical (unpaired) electrons. The van der Waals surface area contributed by atoms with Crippen LogP contribution in [0.4, 0.5) is 5.69 Å². The van der Waals surface area contributed by atoms with E-state index in [1.165, 1.54) is 19.2 Å².